The van der Waals surface area contributed by atoms with Gasteiger partial charge in [-0.25, -0.2) is 4.79 Å². The summed E-state index contributed by atoms with van der Waals surface area (Å²) < 4.78 is 5.61. The van der Waals surface area contributed by atoms with Gasteiger partial charge in [-0.05, 0) is 42.7 Å². The number of hydrogen-bond acceptors (Lipinski definition) is 3. The van der Waals surface area contributed by atoms with Crippen molar-refractivity contribution in [2.24, 2.45) is 0 Å². The van der Waals surface area contributed by atoms with Gasteiger partial charge >= 0.3 is 6.03 Å². The van der Waals surface area contributed by atoms with Gasteiger partial charge in [0.05, 0.1) is 6.54 Å². The fourth-order valence-corrected chi connectivity index (χ4v) is 3.16. The zero-order chi connectivity index (χ0) is 20.0. The molecule has 1 aliphatic carbocycles. The molecule has 2 aromatic rings. The fraction of sp³-hybridized carbons (Fsp3) is 0.333. The summed E-state index contributed by atoms with van der Waals surface area (Å²) in [6.45, 7) is 2.76. The average Bonchev–Trinajstić information content (AvgIpc) is 3.45. The maximum atomic E-state index is 12.0. The van der Waals surface area contributed by atoms with E-state index in [-0.39, 0.29) is 17.4 Å². The molecule has 28 heavy (non-hydrogen) atoms. The first-order valence-corrected chi connectivity index (χ1v) is 9.63. The topological polar surface area (TPSA) is 79.5 Å². The lowest BCUT2D eigenvalue weighted by Crippen LogP contribution is -2.41. The number of hydrogen-bond donors (Lipinski definition) is 3. The Hall–Kier alpha value is -2.73. The summed E-state index contributed by atoms with van der Waals surface area (Å²) in [5.74, 6) is 0.496. The molecule has 7 heteroatoms. The second-order valence-corrected chi connectivity index (χ2v) is 7.39. The van der Waals surface area contributed by atoms with Crippen LogP contribution >= 0.6 is 11.6 Å². The van der Waals surface area contributed by atoms with Crippen LogP contribution in [0.4, 0.5) is 10.5 Å². The minimum absolute atomic E-state index is 0.0303. The number of urea groups is 1. The standard InChI is InChI=1S/C21H24ClN3O3/c1-15(26)25-18-3-2-4-19(13-18)28-12-11-23-20(27)24-14-21(9-10-21)16-5-7-17(22)8-6-16/h2-8,13H,9-12,14H2,1H3,(H,25,26)(H2,23,24,27). The van der Waals surface area contributed by atoms with Gasteiger partial charge < -0.3 is 20.7 Å². The van der Waals surface area contributed by atoms with Gasteiger partial charge in [0.25, 0.3) is 0 Å². The number of amides is 3. The molecule has 3 N–H and O–H groups in total. The van der Waals surface area contributed by atoms with Crippen LogP contribution < -0.4 is 20.7 Å². The highest BCUT2D eigenvalue weighted by molar-refractivity contribution is 6.30. The smallest absolute Gasteiger partial charge is 0.314 e. The van der Waals surface area contributed by atoms with Crippen LogP contribution in [-0.4, -0.2) is 31.6 Å². The Labute approximate surface area is 169 Å². The second kappa shape index (κ2) is 8.97. The molecule has 0 spiro atoms. The molecule has 148 valence electrons. The van der Waals surface area contributed by atoms with Gasteiger partial charge in [-0.1, -0.05) is 29.8 Å². The Morgan fingerprint density at radius 3 is 2.54 bits per heavy atom. The Balaban J connectivity index is 1.37. The predicted molar refractivity (Wildman–Crippen MR) is 110 cm³/mol. The molecule has 3 rings (SSSR count). The molecule has 3 amide bonds. The number of carbonyl (C=O) groups excluding carboxylic acids is 2. The van der Waals surface area contributed by atoms with E-state index in [2.05, 4.69) is 16.0 Å². The molecule has 2 aromatic carbocycles. The third kappa shape index (κ3) is 5.63. The molecule has 0 saturated heterocycles. The van der Waals surface area contributed by atoms with Crippen LogP contribution in [0.2, 0.25) is 5.02 Å². The molecular formula is C21H24ClN3O3. The van der Waals surface area contributed by atoms with Crippen LogP contribution in [0.15, 0.2) is 48.5 Å². The zero-order valence-electron chi connectivity index (χ0n) is 15.8. The Bertz CT molecular complexity index is 835. The third-order valence-electron chi connectivity index (χ3n) is 4.71. The van der Waals surface area contributed by atoms with E-state index < -0.39 is 0 Å². The SMILES string of the molecule is CC(=O)Nc1cccc(OCCNC(=O)NCC2(c3ccc(Cl)cc3)CC2)c1. The van der Waals surface area contributed by atoms with Crippen molar-refractivity contribution < 1.29 is 14.3 Å². The van der Waals surface area contributed by atoms with E-state index in [1.807, 2.05) is 24.3 Å². The van der Waals surface area contributed by atoms with E-state index >= 15 is 0 Å². The van der Waals surface area contributed by atoms with E-state index in [9.17, 15) is 9.59 Å². The minimum atomic E-state index is -0.212. The molecule has 0 heterocycles. The van der Waals surface area contributed by atoms with Gasteiger partial charge in [0.2, 0.25) is 5.91 Å². The normalized spacial score (nSPS) is 14.1. The first kappa shape index (κ1) is 20.0. The molecule has 0 aliphatic heterocycles. The van der Waals surface area contributed by atoms with Crippen LogP contribution in [0.25, 0.3) is 0 Å². The summed E-state index contributed by atoms with van der Waals surface area (Å²) in [5, 5.41) is 9.15. The molecule has 0 atom stereocenters. The van der Waals surface area contributed by atoms with Gasteiger partial charge in [-0.2, -0.15) is 0 Å². The lowest BCUT2D eigenvalue weighted by molar-refractivity contribution is -0.114. The van der Waals surface area contributed by atoms with Gasteiger partial charge in [0.1, 0.15) is 12.4 Å². The van der Waals surface area contributed by atoms with Crippen LogP contribution in [0.3, 0.4) is 0 Å². The molecule has 0 radical (unpaired) electrons. The van der Waals surface area contributed by atoms with Crippen LogP contribution in [0.1, 0.15) is 25.3 Å². The Morgan fingerprint density at radius 1 is 1.11 bits per heavy atom. The highest BCUT2D eigenvalue weighted by atomic mass is 35.5. The van der Waals surface area contributed by atoms with Crippen molar-refractivity contribution in [1.29, 1.82) is 0 Å². The van der Waals surface area contributed by atoms with Crippen molar-refractivity contribution >= 4 is 29.2 Å². The predicted octanol–water partition coefficient (Wildman–Crippen LogP) is 3.71. The molecule has 1 aliphatic rings. The van der Waals surface area contributed by atoms with Gasteiger partial charge in [-0.15, -0.1) is 0 Å². The molecule has 1 saturated carbocycles. The number of rotatable bonds is 8. The molecule has 6 nitrogen and oxygen atoms in total. The summed E-state index contributed by atoms with van der Waals surface area (Å²) in [6.07, 6.45) is 2.12. The summed E-state index contributed by atoms with van der Waals surface area (Å²) in [7, 11) is 0. The molecular weight excluding hydrogens is 378 g/mol. The Morgan fingerprint density at radius 2 is 1.86 bits per heavy atom. The lowest BCUT2D eigenvalue weighted by atomic mass is 9.96. The number of ether oxygens (including phenoxy) is 1. The van der Waals surface area contributed by atoms with Crippen LogP contribution in [0.5, 0.6) is 5.75 Å². The average molecular weight is 402 g/mol. The van der Waals surface area contributed by atoms with E-state index in [4.69, 9.17) is 16.3 Å². The number of nitrogens with one attached hydrogen (secondary N) is 3. The molecule has 1 fully saturated rings. The van der Waals surface area contributed by atoms with Crippen LogP contribution in [-0.2, 0) is 10.2 Å². The largest absolute Gasteiger partial charge is 0.492 e. The third-order valence-corrected chi connectivity index (χ3v) is 4.96. The molecule has 0 bridgehead atoms. The van der Waals surface area contributed by atoms with Gasteiger partial charge in [0, 0.05) is 35.7 Å². The summed E-state index contributed by atoms with van der Waals surface area (Å²) in [5.41, 5.74) is 1.91. The van der Waals surface area contributed by atoms with E-state index in [1.54, 1.807) is 24.3 Å². The first-order chi connectivity index (χ1) is 13.5. The van der Waals surface area contributed by atoms with Crippen molar-refractivity contribution in [3.05, 3.63) is 59.1 Å². The molecule has 0 unspecified atom stereocenters. The molecule has 0 aromatic heterocycles. The maximum absolute atomic E-state index is 12.0. The van der Waals surface area contributed by atoms with E-state index in [0.717, 1.165) is 12.8 Å². The second-order valence-electron chi connectivity index (χ2n) is 6.95. The van der Waals surface area contributed by atoms with Gasteiger partial charge in [0.15, 0.2) is 0 Å². The van der Waals surface area contributed by atoms with Crippen molar-refractivity contribution in [3.63, 3.8) is 0 Å². The Kier molecular flexibility index (Phi) is 6.41. The van der Waals surface area contributed by atoms with Crippen molar-refractivity contribution in [2.45, 2.75) is 25.2 Å². The summed E-state index contributed by atoms with van der Waals surface area (Å²) in [6, 6.07) is 14.7. The van der Waals surface area contributed by atoms with Gasteiger partial charge in [-0.3, -0.25) is 4.79 Å². The quantitative estimate of drug-likeness (QED) is 0.590. The van der Waals surface area contributed by atoms with Crippen LogP contribution in [0, 0.1) is 0 Å². The lowest BCUT2D eigenvalue weighted by Gasteiger charge is -2.17. The summed E-state index contributed by atoms with van der Waals surface area (Å²) in [4.78, 5) is 23.1. The highest BCUT2D eigenvalue weighted by Crippen LogP contribution is 2.47. The van der Waals surface area contributed by atoms with E-state index in [0.29, 0.717) is 36.2 Å². The first-order valence-electron chi connectivity index (χ1n) is 9.25. The number of halogens is 1. The van der Waals surface area contributed by atoms with E-state index in [1.165, 1.54) is 12.5 Å². The minimum Gasteiger partial charge on any atom is -0.492 e. The van der Waals surface area contributed by atoms with Crippen molar-refractivity contribution in [2.75, 3.05) is 25.0 Å². The number of benzene rings is 2. The number of anilines is 1. The summed E-state index contributed by atoms with van der Waals surface area (Å²) >= 11 is 5.95. The highest BCUT2D eigenvalue weighted by Gasteiger charge is 2.44. The van der Waals surface area contributed by atoms with Crippen molar-refractivity contribution in [1.82, 2.24) is 10.6 Å². The zero-order valence-corrected chi connectivity index (χ0v) is 16.5. The fourth-order valence-electron chi connectivity index (χ4n) is 3.03. The monoisotopic (exact) mass is 401 g/mol. The van der Waals surface area contributed by atoms with Crippen molar-refractivity contribution in [3.8, 4) is 5.75 Å². The number of carbonyl (C=O) groups is 2. The maximum Gasteiger partial charge on any atom is 0.314 e.